The third kappa shape index (κ3) is 4.25. The van der Waals surface area contributed by atoms with Gasteiger partial charge in [-0.05, 0) is 50.2 Å². The summed E-state index contributed by atoms with van der Waals surface area (Å²) in [5.41, 5.74) is 5.52. The van der Waals surface area contributed by atoms with Gasteiger partial charge in [0.25, 0.3) is 5.69 Å². The summed E-state index contributed by atoms with van der Waals surface area (Å²) in [6, 6.07) is 12.7. The smallest absolute Gasteiger partial charge is 0.301 e. The SMILES string of the molecule is Cc1cc(/C=N\Nc2ccc([N+](=O)[O-])cc2[N+](=O)[O-])c(C)n1-c1ccc(Cl)cc1. The molecule has 148 valence electrons. The minimum atomic E-state index is -0.697. The first-order valence-corrected chi connectivity index (χ1v) is 8.82. The standard InChI is InChI=1S/C19H16ClN5O4/c1-12-9-14(13(2)23(12)16-5-3-15(20)4-6-16)11-21-22-18-8-7-17(24(26)27)10-19(18)25(28)29/h3-11,22H,1-2H3/b21-11-. The van der Waals surface area contributed by atoms with E-state index in [0.29, 0.717) is 5.02 Å². The number of hydrazone groups is 1. The molecule has 0 atom stereocenters. The van der Waals surface area contributed by atoms with Crippen LogP contribution < -0.4 is 5.43 Å². The van der Waals surface area contributed by atoms with Crippen molar-refractivity contribution >= 4 is 34.9 Å². The summed E-state index contributed by atoms with van der Waals surface area (Å²) in [4.78, 5) is 20.6. The number of nitro benzene ring substituents is 2. The fourth-order valence-electron chi connectivity index (χ4n) is 2.96. The molecule has 0 saturated heterocycles. The van der Waals surface area contributed by atoms with Crippen molar-refractivity contribution in [3.8, 4) is 5.69 Å². The predicted octanol–water partition coefficient (Wildman–Crippen LogP) is 5.01. The van der Waals surface area contributed by atoms with Gasteiger partial charge in [0.05, 0.1) is 22.1 Å². The van der Waals surface area contributed by atoms with E-state index in [2.05, 4.69) is 10.5 Å². The number of halogens is 1. The third-order valence-electron chi connectivity index (χ3n) is 4.33. The number of nitrogens with zero attached hydrogens (tertiary/aromatic N) is 4. The molecule has 3 aromatic rings. The van der Waals surface area contributed by atoms with Crippen molar-refractivity contribution in [1.82, 2.24) is 4.57 Å². The van der Waals surface area contributed by atoms with E-state index in [1.54, 1.807) is 18.3 Å². The van der Waals surface area contributed by atoms with Crippen molar-refractivity contribution in [2.24, 2.45) is 5.10 Å². The van der Waals surface area contributed by atoms with Crippen LogP contribution in [-0.4, -0.2) is 20.6 Å². The number of non-ortho nitro benzene ring substituents is 1. The molecule has 1 aromatic heterocycles. The lowest BCUT2D eigenvalue weighted by Crippen LogP contribution is -2.00. The van der Waals surface area contributed by atoms with Crippen molar-refractivity contribution in [2.75, 3.05) is 5.43 Å². The Morgan fingerprint density at radius 2 is 1.72 bits per heavy atom. The quantitative estimate of drug-likeness (QED) is 0.346. The minimum absolute atomic E-state index is 0.0587. The number of aromatic nitrogens is 1. The number of aryl methyl sites for hydroxylation is 1. The van der Waals surface area contributed by atoms with E-state index in [1.807, 2.05) is 36.6 Å². The number of rotatable bonds is 6. The highest BCUT2D eigenvalue weighted by atomic mass is 35.5. The summed E-state index contributed by atoms with van der Waals surface area (Å²) in [7, 11) is 0. The summed E-state index contributed by atoms with van der Waals surface area (Å²) in [6.07, 6.45) is 1.54. The molecule has 9 nitrogen and oxygen atoms in total. The molecule has 1 heterocycles. The maximum Gasteiger partial charge on any atom is 0.301 e. The molecular weight excluding hydrogens is 398 g/mol. The monoisotopic (exact) mass is 413 g/mol. The van der Waals surface area contributed by atoms with Crippen LogP contribution in [0.5, 0.6) is 0 Å². The largest absolute Gasteiger partial charge is 0.318 e. The molecular formula is C19H16ClN5O4. The van der Waals surface area contributed by atoms with Crippen LogP contribution in [0.2, 0.25) is 5.02 Å². The maximum atomic E-state index is 11.2. The molecule has 0 bridgehead atoms. The van der Waals surface area contributed by atoms with Gasteiger partial charge in [0, 0.05) is 33.7 Å². The normalized spacial score (nSPS) is 11.0. The van der Waals surface area contributed by atoms with Crippen LogP contribution in [0.3, 0.4) is 0 Å². The van der Waals surface area contributed by atoms with Gasteiger partial charge in [-0.15, -0.1) is 0 Å². The zero-order valence-electron chi connectivity index (χ0n) is 15.5. The van der Waals surface area contributed by atoms with Crippen molar-refractivity contribution in [1.29, 1.82) is 0 Å². The highest BCUT2D eigenvalue weighted by Crippen LogP contribution is 2.29. The maximum absolute atomic E-state index is 11.2. The third-order valence-corrected chi connectivity index (χ3v) is 4.58. The first kappa shape index (κ1) is 20.0. The lowest BCUT2D eigenvalue weighted by molar-refractivity contribution is -0.393. The van der Waals surface area contributed by atoms with E-state index < -0.39 is 15.5 Å². The van der Waals surface area contributed by atoms with Crippen LogP contribution in [0.4, 0.5) is 17.1 Å². The second-order valence-corrected chi connectivity index (χ2v) is 6.66. The van der Waals surface area contributed by atoms with Crippen molar-refractivity contribution in [2.45, 2.75) is 13.8 Å². The van der Waals surface area contributed by atoms with Crippen LogP contribution in [0.1, 0.15) is 17.0 Å². The summed E-state index contributed by atoms with van der Waals surface area (Å²) >= 11 is 5.95. The molecule has 0 fully saturated rings. The molecule has 0 aliphatic rings. The fraction of sp³-hybridized carbons (Fsp3) is 0.105. The van der Waals surface area contributed by atoms with E-state index in [9.17, 15) is 20.2 Å². The summed E-state index contributed by atoms with van der Waals surface area (Å²) in [6.45, 7) is 3.88. The lowest BCUT2D eigenvalue weighted by Gasteiger charge is -2.09. The molecule has 0 aliphatic heterocycles. The summed E-state index contributed by atoms with van der Waals surface area (Å²) in [5.74, 6) is 0. The molecule has 3 rings (SSSR count). The molecule has 0 spiro atoms. The summed E-state index contributed by atoms with van der Waals surface area (Å²) in [5, 5.41) is 26.7. The van der Waals surface area contributed by atoms with Gasteiger partial charge in [-0.25, -0.2) is 0 Å². The molecule has 29 heavy (non-hydrogen) atoms. The van der Waals surface area contributed by atoms with Gasteiger partial charge in [-0.1, -0.05) is 11.6 Å². The highest BCUT2D eigenvalue weighted by molar-refractivity contribution is 6.30. The van der Waals surface area contributed by atoms with Gasteiger partial charge < -0.3 is 4.57 Å². The Morgan fingerprint density at radius 1 is 1.03 bits per heavy atom. The topological polar surface area (TPSA) is 116 Å². The second-order valence-electron chi connectivity index (χ2n) is 6.22. The highest BCUT2D eigenvalue weighted by Gasteiger charge is 2.19. The van der Waals surface area contributed by atoms with Crippen LogP contribution in [0, 0.1) is 34.1 Å². The minimum Gasteiger partial charge on any atom is -0.318 e. The Kier molecular flexibility index (Phi) is 5.60. The van der Waals surface area contributed by atoms with Gasteiger partial charge >= 0.3 is 5.69 Å². The van der Waals surface area contributed by atoms with Crippen LogP contribution >= 0.6 is 11.6 Å². The van der Waals surface area contributed by atoms with E-state index in [1.165, 1.54) is 12.1 Å². The van der Waals surface area contributed by atoms with Crippen molar-refractivity contribution in [3.05, 3.63) is 90.7 Å². The molecule has 0 saturated carbocycles. The molecule has 0 unspecified atom stereocenters. The molecule has 2 aromatic carbocycles. The van der Waals surface area contributed by atoms with Gasteiger partial charge in [-0.2, -0.15) is 5.10 Å². The van der Waals surface area contributed by atoms with Crippen LogP contribution in [0.25, 0.3) is 5.69 Å². The number of nitro groups is 2. The molecule has 0 aliphatic carbocycles. The lowest BCUT2D eigenvalue weighted by atomic mass is 10.2. The van der Waals surface area contributed by atoms with Crippen molar-refractivity contribution < 1.29 is 9.85 Å². The number of nitrogens with one attached hydrogen (secondary N) is 1. The second kappa shape index (κ2) is 8.11. The Morgan fingerprint density at radius 3 is 2.34 bits per heavy atom. The first-order chi connectivity index (χ1) is 13.8. The van der Waals surface area contributed by atoms with Crippen LogP contribution in [0.15, 0.2) is 53.6 Å². The van der Waals surface area contributed by atoms with E-state index in [0.717, 1.165) is 28.7 Å². The first-order valence-electron chi connectivity index (χ1n) is 8.44. The number of anilines is 1. The number of benzene rings is 2. The predicted molar refractivity (Wildman–Crippen MR) is 111 cm³/mol. The van der Waals surface area contributed by atoms with E-state index in [-0.39, 0.29) is 11.4 Å². The van der Waals surface area contributed by atoms with Gasteiger partial charge in [0.1, 0.15) is 5.69 Å². The fourth-order valence-corrected chi connectivity index (χ4v) is 3.08. The van der Waals surface area contributed by atoms with Gasteiger partial charge in [0.2, 0.25) is 0 Å². The number of hydrogen-bond acceptors (Lipinski definition) is 6. The molecule has 0 radical (unpaired) electrons. The Labute approximate surface area is 170 Å². The van der Waals surface area contributed by atoms with Gasteiger partial charge in [-0.3, -0.25) is 25.7 Å². The van der Waals surface area contributed by atoms with E-state index >= 15 is 0 Å². The Hall–Kier alpha value is -3.72. The average Bonchev–Trinajstić information content (AvgIpc) is 2.96. The number of hydrogen-bond donors (Lipinski definition) is 1. The Balaban J connectivity index is 1.86. The van der Waals surface area contributed by atoms with E-state index in [4.69, 9.17) is 11.6 Å². The molecule has 10 heteroatoms. The van der Waals surface area contributed by atoms with Gasteiger partial charge in [0.15, 0.2) is 0 Å². The Bertz CT molecular complexity index is 1120. The molecule has 1 N–H and O–H groups in total. The molecule has 0 amide bonds. The average molecular weight is 414 g/mol. The zero-order valence-corrected chi connectivity index (χ0v) is 16.3. The summed E-state index contributed by atoms with van der Waals surface area (Å²) < 4.78 is 2.03. The zero-order chi connectivity index (χ0) is 21.1. The van der Waals surface area contributed by atoms with Crippen molar-refractivity contribution in [3.63, 3.8) is 0 Å². The van der Waals surface area contributed by atoms with Crippen LogP contribution in [-0.2, 0) is 0 Å².